The first-order chi connectivity index (χ1) is 11.4. The molecule has 7 heteroatoms. The molecular weight excluding hydrogens is 333 g/mol. The zero-order valence-electron chi connectivity index (χ0n) is 13.1. The minimum Gasteiger partial charge on any atom is -0.366 e. The standard InChI is InChI=1S/C17H17ClFN3O2/c1-22(10-12-5-6-14(18)15(19)8-12)17(24)21-9-11-3-2-4-13(7-11)16(20)23/h2-8H,9-10H2,1H3,(H2,20,23)(H,21,24). The first kappa shape index (κ1) is 17.7. The Morgan fingerprint density at radius 1 is 1.21 bits per heavy atom. The molecule has 0 aromatic heterocycles. The third-order valence-corrected chi connectivity index (χ3v) is 3.71. The third-order valence-electron chi connectivity index (χ3n) is 3.41. The maximum Gasteiger partial charge on any atom is 0.317 e. The fraction of sp³-hybridized carbons (Fsp3) is 0.176. The zero-order chi connectivity index (χ0) is 17.7. The molecule has 2 aromatic carbocycles. The summed E-state index contributed by atoms with van der Waals surface area (Å²) < 4.78 is 13.4. The lowest BCUT2D eigenvalue weighted by molar-refractivity contribution is 0.1000. The molecule has 5 nitrogen and oxygen atoms in total. The SMILES string of the molecule is CN(Cc1ccc(Cl)c(F)c1)C(=O)NCc1cccc(C(N)=O)c1. The molecule has 0 spiro atoms. The number of nitrogens with zero attached hydrogens (tertiary/aromatic N) is 1. The van der Waals surface area contributed by atoms with Gasteiger partial charge in [0.15, 0.2) is 0 Å². The van der Waals surface area contributed by atoms with Crippen molar-refractivity contribution >= 4 is 23.5 Å². The average molecular weight is 350 g/mol. The molecule has 0 saturated carbocycles. The molecule has 126 valence electrons. The average Bonchev–Trinajstić information content (AvgIpc) is 2.56. The minimum atomic E-state index is -0.523. The second-order valence-corrected chi connectivity index (χ2v) is 5.74. The van der Waals surface area contributed by atoms with Crippen LogP contribution in [0.5, 0.6) is 0 Å². The monoisotopic (exact) mass is 349 g/mol. The van der Waals surface area contributed by atoms with E-state index in [0.717, 1.165) is 5.56 Å². The Morgan fingerprint density at radius 3 is 2.62 bits per heavy atom. The van der Waals surface area contributed by atoms with Gasteiger partial charge in [-0.15, -0.1) is 0 Å². The molecule has 3 N–H and O–H groups in total. The van der Waals surface area contributed by atoms with E-state index in [-0.39, 0.29) is 24.1 Å². The number of carbonyl (C=O) groups excluding carboxylic acids is 2. The predicted octanol–water partition coefficient (Wildman–Crippen LogP) is 2.92. The van der Waals surface area contributed by atoms with Crippen LogP contribution in [-0.4, -0.2) is 23.9 Å². The molecule has 0 atom stereocenters. The normalized spacial score (nSPS) is 10.3. The molecule has 0 fully saturated rings. The molecule has 0 saturated heterocycles. The molecule has 0 unspecified atom stereocenters. The van der Waals surface area contributed by atoms with E-state index < -0.39 is 11.7 Å². The van der Waals surface area contributed by atoms with Gasteiger partial charge in [0.2, 0.25) is 5.91 Å². The first-order valence-corrected chi connectivity index (χ1v) is 7.56. The van der Waals surface area contributed by atoms with E-state index in [1.165, 1.54) is 17.0 Å². The van der Waals surface area contributed by atoms with Gasteiger partial charge in [0.05, 0.1) is 5.02 Å². The fourth-order valence-corrected chi connectivity index (χ4v) is 2.25. The van der Waals surface area contributed by atoms with E-state index in [2.05, 4.69) is 5.32 Å². The second-order valence-electron chi connectivity index (χ2n) is 5.33. The highest BCUT2D eigenvalue weighted by Crippen LogP contribution is 2.16. The summed E-state index contributed by atoms with van der Waals surface area (Å²) in [6.07, 6.45) is 0. The summed E-state index contributed by atoms with van der Waals surface area (Å²) in [5, 5.41) is 2.77. The van der Waals surface area contributed by atoms with Crippen LogP contribution in [-0.2, 0) is 13.1 Å². The maximum absolute atomic E-state index is 13.4. The van der Waals surface area contributed by atoms with Crippen molar-refractivity contribution in [3.8, 4) is 0 Å². The third kappa shape index (κ3) is 4.70. The summed E-state index contributed by atoms with van der Waals surface area (Å²) in [4.78, 5) is 24.7. The molecule has 24 heavy (non-hydrogen) atoms. The van der Waals surface area contributed by atoms with Crippen LogP contribution in [0.1, 0.15) is 21.5 Å². The minimum absolute atomic E-state index is 0.0418. The maximum atomic E-state index is 13.4. The number of hydrogen-bond acceptors (Lipinski definition) is 2. The van der Waals surface area contributed by atoms with Gasteiger partial charge in [-0.2, -0.15) is 0 Å². The highest BCUT2D eigenvalue weighted by molar-refractivity contribution is 6.30. The lowest BCUT2D eigenvalue weighted by Crippen LogP contribution is -2.36. The van der Waals surface area contributed by atoms with E-state index in [4.69, 9.17) is 17.3 Å². The van der Waals surface area contributed by atoms with Crippen molar-refractivity contribution in [3.63, 3.8) is 0 Å². The fourth-order valence-electron chi connectivity index (χ4n) is 2.13. The van der Waals surface area contributed by atoms with Crippen LogP contribution in [0, 0.1) is 5.82 Å². The van der Waals surface area contributed by atoms with Crippen LogP contribution in [0.4, 0.5) is 9.18 Å². The van der Waals surface area contributed by atoms with Gasteiger partial charge in [-0.1, -0.05) is 29.8 Å². The lowest BCUT2D eigenvalue weighted by Gasteiger charge is -2.18. The van der Waals surface area contributed by atoms with Crippen LogP contribution in [0.15, 0.2) is 42.5 Å². The Bertz CT molecular complexity index is 767. The molecule has 0 aliphatic heterocycles. The van der Waals surface area contributed by atoms with Gasteiger partial charge in [-0.3, -0.25) is 4.79 Å². The summed E-state index contributed by atoms with van der Waals surface area (Å²) in [7, 11) is 1.60. The number of hydrogen-bond donors (Lipinski definition) is 2. The second kappa shape index (κ2) is 7.79. The Hall–Kier alpha value is -2.60. The molecule has 0 aliphatic rings. The lowest BCUT2D eigenvalue weighted by atomic mass is 10.1. The number of nitrogens with one attached hydrogen (secondary N) is 1. The van der Waals surface area contributed by atoms with Gasteiger partial charge in [0.25, 0.3) is 0 Å². The summed E-state index contributed by atoms with van der Waals surface area (Å²) in [5.74, 6) is -1.05. The number of carbonyl (C=O) groups is 2. The highest BCUT2D eigenvalue weighted by Gasteiger charge is 2.10. The smallest absolute Gasteiger partial charge is 0.317 e. The van der Waals surface area contributed by atoms with Crippen LogP contribution in [0.2, 0.25) is 5.02 Å². The number of amides is 3. The number of rotatable bonds is 5. The van der Waals surface area contributed by atoms with E-state index in [1.807, 2.05) is 0 Å². The van der Waals surface area contributed by atoms with Crippen molar-refractivity contribution < 1.29 is 14.0 Å². The van der Waals surface area contributed by atoms with E-state index in [9.17, 15) is 14.0 Å². The van der Waals surface area contributed by atoms with Gasteiger partial charge < -0.3 is 16.0 Å². The molecular formula is C17H17ClFN3O2. The van der Waals surface area contributed by atoms with E-state index in [1.54, 1.807) is 37.4 Å². The number of primary amides is 1. The molecule has 2 rings (SSSR count). The van der Waals surface area contributed by atoms with Gasteiger partial charge in [0, 0.05) is 25.7 Å². The number of nitrogens with two attached hydrogens (primary N) is 1. The van der Waals surface area contributed by atoms with Gasteiger partial charge in [-0.05, 0) is 35.4 Å². The zero-order valence-corrected chi connectivity index (χ0v) is 13.8. The topological polar surface area (TPSA) is 75.4 Å². The summed E-state index contributed by atoms with van der Waals surface area (Å²) >= 11 is 5.63. The van der Waals surface area contributed by atoms with Crippen molar-refractivity contribution in [2.45, 2.75) is 13.1 Å². The summed E-state index contributed by atoms with van der Waals surface area (Å²) in [6.45, 7) is 0.487. The number of benzene rings is 2. The Labute approximate surface area is 144 Å². The number of urea groups is 1. The van der Waals surface area contributed by atoms with E-state index >= 15 is 0 Å². The predicted molar refractivity (Wildman–Crippen MR) is 90.1 cm³/mol. The van der Waals surface area contributed by atoms with Crippen LogP contribution >= 0.6 is 11.6 Å². The molecule has 3 amide bonds. The molecule has 0 heterocycles. The van der Waals surface area contributed by atoms with Crippen molar-refractivity contribution in [1.29, 1.82) is 0 Å². The molecule has 0 radical (unpaired) electrons. The van der Waals surface area contributed by atoms with Crippen molar-refractivity contribution in [2.24, 2.45) is 5.73 Å². The van der Waals surface area contributed by atoms with Crippen LogP contribution in [0.3, 0.4) is 0 Å². The van der Waals surface area contributed by atoms with Crippen molar-refractivity contribution in [3.05, 3.63) is 70.0 Å². The highest BCUT2D eigenvalue weighted by atomic mass is 35.5. The van der Waals surface area contributed by atoms with Crippen molar-refractivity contribution in [2.75, 3.05) is 7.05 Å². The summed E-state index contributed by atoms with van der Waals surface area (Å²) in [5.41, 5.74) is 6.99. The van der Waals surface area contributed by atoms with Crippen molar-refractivity contribution in [1.82, 2.24) is 10.2 Å². The van der Waals surface area contributed by atoms with E-state index in [0.29, 0.717) is 11.1 Å². The van der Waals surface area contributed by atoms with Gasteiger partial charge in [0.1, 0.15) is 5.82 Å². The number of halogens is 2. The quantitative estimate of drug-likeness (QED) is 0.870. The molecule has 0 bridgehead atoms. The summed E-state index contributed by atoms with van der Waals surface area (Å²) in [6, 6.07) is 10.8. The Kier molecular flexibility index (Phi) is 5.76. The van der Waals surface area contributed by atoms with Crippen LogP contribution < -0.4 is 11.1 Å². The van der Waals surface area contributed by atoms with Gasteiger partial charge in [-0.25, -0.2) is 9.18 Å². The Morgan fingerprint density at radius 2 is 1.96 bits per heavy atom. The molecule has 0 aliphatic carbocycles. The largest absolute Gasteiger partial charge is 0.366 e. The van der Waals surface area contributed by atoms with Gasteiger partial charge >= 0.3 is 6.03 Å². The molecule has 2 aromatic rings. The Balaban J connectivity index is 1.93. The van der Waals surface area contributed by atoms with Crippen LogP contribution in [0.25, 0.3) is 0 Å². The first-order valence-electron chi connectivity index (χ1n) is 7.18.